The van der Waals surface area contributed by atoms with Gasteiger partial charge in [0.25, 0.3) is 0 Å². The number of halogens is 4. The Labute approximate surface area is 144 Å². The van der Waals surface area contributed by atoms with Crippen LogP contribution < -0.4 is 10.1 Å². The predicted octanol–water partition coefficient (Wildman–Crippen LogP) is 5.32. The number of benzene rings is 2. The Morgan fingerprint density at radius 1 is 1.19 bits per heavy atom. The van der Waals surface area contributed by atoms with Gasteiger partial charge in [-0.15, -0.1) is 0 Å². The second-order valence-electron chi connectivity index (χ2n) is 4.37. The van der Waals surface area contributed by atoms with Crippen LogP contribution in [-0.4, -0.2) is 14.2 Å². The minimum Gasteiger partial charge on any atom is -0.496 e. The van der Waals surface area contributed by atoms with E-state index in [-0.39, 0.29) is 11.1 Å². The summed E-state index contributed by atoms with van der Waals surface area (Å²) < 4.78 is 21.3. The zero-order valence-corrected chi connectivity index (χ0v) is 15.3. The van der Waals surface area contributed by atoms with Crippen molar-refractivity contribution < 1.29 is 9.13 Å². The van der Waals surface area contributed by atoms with E-state index in [1.807, 2.05) is 18.2 Å². The number of hydrogen-bond donors (Lipinski definition) is 1. The van der Waals surface area contributed by atoms with E-state index in [0.29, 0.717) is 15.8 Å². The van der Waals surface area contributed by atoms with Crippen molar-refractivity contribution in [3.05, 3.63) is 61.2 Å². The molecule has 1 N–H and O–H groups in total. The summed E-state index contributed by atoms with van der Waals surface area (Å²) in [5.74, 6) is 0.220. The maximum absolute atomic E-state index is 14.4. The SMILES string of the molecule is CNC(c1ccc(Br)cc1OC)c1ccc(Br)c(Cl)c1F. The van der Waals surface area contributed by atoms with Gasteiger partial charge in [0.05, 0.1) is 18.2 Å². The van der Waals surface area contributed by atoms with Crippen molar-refractivity contribution in [3.63, 3.8) is 0 Å². The summed E-state index contributed by atoms with van der Waals surface area (Å²) in [5, 5.41) is 3.18. The molecule has 0 saturated heterocycles. The Morgan fingerprint density at radius 3 is 2.48 bits per heavy atom. The summed E-state index contributed by atoms with van der Waals surface area (Å²) in [6.07, 6.45) is 0. The zero-order valence-electron chi connectivity index (χ0n) is 11.4. The quantitative estimate of drug-likeness (QED) is 0.654. The van der Waals surface area contributed by atoms with Crippen LogP contribution in [0.2, 0.25) is 5.02 Å². The summed E-state index contributed by atoms with van der Waals surface area (Å²) in [7, 11) is 3.35. The summed E-state index contributed by atoms with van der Waals surface area (Å²) in [6.45, 7) is 0. The molecule has 0 fully saturated rings. The zero-order chi connectivity index (χ0) is 15.6. The average molecular weight is 438 g/mol. The van der Waals surface area contributed by atoms with Gasteiger partial charge in [0.15, 0.2) is 0 Å². The van der Waals surface area contributed by atoms with Crippen molar-refractivity contribution in [3.8, 4) is 5.75 Å². The topological polar surface area (TPSA) is 21.3 Å². The van der Waals surface area contributed by atoms with Crippen LogP contribution in [0.15, 0.2) is 39.3 Å². The molecule has 0 aliphatic heterocycles. The van der Waals surface area contributed by atoms with Gasteiger partial charge >= 0.3 is 0 Å². The van der Waals surface area contributed by atoms with Crippen molar-refractivity contribution in [1.29, 1.82) is 0 Å². The lowest BCUT2D eigenvalue weighted by Gasteiger charge is -2.21. The second-order valence-corrected chi connectivity index (χ2v) is 6.52. The Hall–Kier alpha value is -0.620. The number of hydrogen-bond acceptors (Lipinski definition) is 2. The van der Waals surface area contributed by atoms with Gasteiger partial charge in [0, 0.05) is 20.1 Å². The molecule has 2 nitrogen and oxygen atoms in total. The first kappa shape index (κ1) is 16.7. The lowest BCUT2D eigenvalue weighted by atomic mass is 9.97. The monoisotopic (exact) mass is 435 g/mol. The standard InChI is InChI=1S/C15H13Br2ClFNO/c1-20-15(9-4-3-8(16)7-12(9)21-2)10-5-6-11(17)13(18)14(10)19/h3-7,15,20H,1-2H3. The molecule has 21 heavy (non-hydrogen) atoms. The van der Waals surface area contributed by atoms with Gasteiger partial charge in [-0.3, -0.25) is 0 Å². The highest BCUT2D eigenvalue weighted by Gasteiger charge is 2.22. The smallest absolute Gasteiger partial charge is 0.148 e. The Balaban J connectivity index is 2.57. The van der Waals surface area contributed by atoms with E-state index in [1.54, 1.807) is 26.3 Å². The summed E-state index contributed by atoms with van der Waals surface area (Å²) in [6, 6.07) is 8.70. The Bertz CT molecular complexity index is 666. The van der Waals surface area contributed by atoms with Gasteiger partial charge < -0.3 is 10.1 Å². The minimum atomic E-state index is -0.449. The number of rotatable bonds is 4. The molecule has 112 valence electrons. The van der Waals surface area contributed by atoms with Gasteiger partial charge in [-0.1, -0.05) is 39.7 Å². The van der Waals surface area contributed by atoms with E-state index in [2.05, 4.69) is 37.2 Å². The maximum atomic E-state index is 14.4. The molecule has 0 spiro atoms. The third kappa shape index (κ3) is 3.42. The highest BCUT2D eigenvalue weighted by molar-refractivity contribution is 9.10. The Kier molecular flexibility index (Phi) is 5.66. The minimum absolute atomic E-state index is 0.0730. The summed E-state index contributed by atoms with van der Waals surface area (Å²) in [5.41, 5.74) is 1.30. The third-order valence-corrected chi connectivity index (χ3v) is 4.92. The van der Waals surface area contributed by atoms with Crippen LogP contribution in [0.5, 0.6) is 5.75 Å². The molecule has 0 heterocycles. The number of ether oxygens (including phenoxy) is 1. The van der Waals surface area contributed by atoms with Crippen LogP contribution in [0, 0.1) is 5.82 Å². The van der Waals surface area contributed by atoms with Crippen molar-refractivity contribution in [2.45, 2.75) is 6.04 Å². The molecule has 0 aliphatic rings. The van der Waals surface area contributed by atoms with Crippen molar-refractivity contribution >= 4 is 43.5 Å². The molecule has 0 aromatic heterocycles. The van der Waals surface area contributed by atoms with Crippen molar-refractivity contribution in [2.24, 2.45) is 0 Å². The normalized spacial score (nSPS) is 12.3. The van der Waals surface area contributed by atoms with E-state index in [9.17, 15) is 4.39 Å². The van der Waals surface area contributed by atoms with Crippen molar-refractivity contribution in [2.75, 3.05) is 14.2 Å². The Morgan fingerprint density at radius 2 is 1.86 bits per heavy atom. The van der Waals surface area contributed by atoms with Gasteiger partial charge in [0.2, 0.25) is 0 Å². The first-order chi connectivity index (χ1) is 9.99. The van der Waals surface area contributed by atoms with E-state index in [1.165, 1.54) is 0 Å². The van der Waals surface area contributed by atoms with Crippen molar-refractivity contribution in [1.82, 2.24) is 5.32 Å². The summed E-state index contributed by atoms with van der Waals surface area (Å²) >= 11 is 12.6. The van der Waals surface area contributed by atoms with Crippen LogP contribution in [-0.2, 0) is 0 Å². The molecule has 2 aromatic carbocycles. The molecule has 6 heteroatoms. The average Bonchev–Trinajstić information content (AvgIpc) is 2.48. The molecular formula is C15H13Br2ClFNO. The van der Waals surface area contributed by atoms with Crippen LogP contribution in [0.1, 0.15) is 17.2 Å². The summed E-state index contributed by atoms with van der Waals surface area (Å²) in [4.78, 5) is 0. The molecule has 0 radical (unpaired) electrons. The molecule has 0 amide bonds. The molecule has 2 rings (SSSR count). The van der Waals surface area contributed by atoms with Gasteiger partial charge in [0.1, 0.15) is 11.6 Å². The molecule has 2 aromatic rings. The van der Waals surface area contributed by atoms with Crippen LogP contribution in [0.3, 0.4) is 0 Å². The first-order valence-corrected chi connectivity index (χ1v) is 8.10. The second kappa shape index (κ2) is 7.09. The highest BCUT2D eigenvalue weighted by atomic mass is 79.9. The fraction of sp³-hybridized carbons (Fsp3) is 0.200. The van der Waals surface area contributed by atoms with E-state index in [4.69, 9.17) is 16.3 Å². The van der Waals surface area contributed by atoms with E-state index in [0.717, 1.165) is 10.0 Å². The largest absolute Gasteiger partial charge is 0.496 e. The first-order valence-electron chi connectivity index (χ1n) is 6.13. The third-order valence-electron chi connectivity index (χ3n) is 3.17. The predicted molar refractivity (Wildman–Crippen MR) is 90.7 cm³/mol. The molecule has 0 bridgehead atoms. The number of nitrogens with one attached hydrogen (secondary N) is 1. The lowest BCUT2D eigenvalue weighted by molar-refractivity contribution is 0.404. The van der Waals surface area contributed by atoms with Gasteiger partial charge in [-0.2, -0.15) is 0 Å². The van der Waals surface area contributed by atoms with E-state index >= 15 is 0 Å². The molecule has 0 saturated carbocycles. The number of methoxy groups -OCH3 is 1. The van der Waals surface area contributed by atoms with Crippen LogP contribution >= 0.6 is 43.5 Å². The highest BCUT2D eigenvalue weighted by Crippen LogP contribution is 2.36. The van der Waals surface area contributed by atoms with Crippen LogP contribution in [0.4, 0.5) is 4.39 Å². The maximum Gasteiger partial charge on any atom is 0.148 e. The fourth-order valence-electron chi connectivity index (χ4n) is 2.17. The van der Waals surface area contributed by atoms with Crippen LogP contribution in [0.25, 0.3) is 0 Å². The van der Waals surface area contributed by atoms with Gasteiger partial charge in [-0.25, -0.2) is 4.39 Å². The molecule has 1 unspecified atom stereocenters. The van der Waals surface area contributed by atoms with Gasteiger partial charge in [-0.05, 0) is 41.2 Å². The molecular weight excluding hydrogens is 424 g/mol. The van der Waals surface area contributed by atoms with E-state index < -0.39 is 5.82 Å². The molecule has 1 atom stereocenters. The fourth-order valence-corrected chi connectivity index (χ4v) is 2.98. The lowest BCUT2D eigenvalue weighted by Crippen LogP contribution is -2.20. The molecule has 0 aliphatic carbocycles.